The molecule has 1 aliphatic heterocycles. The van der Waals surface area contributed by atoms with Crippen molar-refractivity contribution in [1.82, 2.24) is 10.3 Å². The van der Waals surface area contributed by atoms with E-state index in [1.165, 1.54) is 0 Å². The van der Waals surface area contributed by atoms with Crippen LogP contribution in [-0.4, -0.2) is 29.8 Å². The maximum absolute atomic E-state index is 9.39. The van der Waals surface area contributed by atoms with Crippen molar-refractivity contribution in [2.24, 2.45) is 0 Å². The van der Waals surface area contributed by atoms with Crippen LogP contribution in [0, 0.1) is 0 Å². The Morgan fingerprint density at radius 1 is 1.54 bits per heavy atom. The number of hydrogen-bond donors (Lipinski definition) is 2. The van der Waals surface area contributed by atoms with E-state index < -0.39 is 0 Å². The van der Waals surface area contributed by atoms with Gasteiger partial charge in [0.15, 0.2) is 0 Å². The van der Waals surface area contributed by atoms with Gasteiger partial charge in [0.1, 0.15) is 0 Å². The van der Waals surface area contributed by atoms with Crippen LogP contribution >= 0.6 is 0 Å². The van der Waals surface area contributed by atoms with Crippen molar-refractivity contribution in [2.45, 2.75) is 11.8 Å². The lowest BCUT2D eigenvalue weighted by molar-refractivity contribution is 0.202. The summed E-state index contributed by atoms with van der Waals surface area (Å²) in [5.41, 5.74) is 0.865. The van der Waals surface area contributed by atoms with E-state index in [9.17, 15) is 5.11 Å². The summed E-state index contributed by atoms with van der Waals surface area (Å²) in [6.45, 7) is 1.98. The lowest BCUT2D eigenvalue weighted by Crippen LogP contribution is -2.33. The number of hydrogen-bond acceptors (Lipinski definition) is 3. The zero-order valence-electron chi connectivity index (χ0n) is 7.53. The van der Waals surface area contributed by atoms with Gasteiger partial charge in [-0.1, -0.05) is 6.07 Å². The van der Waals surface area contributed by atoms with Crippen LogP contribution in [0.2, 0.25) is 0 Å². The molecule has 3 heteroatoms. The van der Waals surface area contributed by atoms with Gasteiger partial charge in [0, 0.05) is 18.2 Å². The van der Waals surface area contributed by atoms with Gasteiger partial charge in [0.05, 0.1) is 12.3 Å². The fraction of sp³-hybridized carbons (Fsp3) is 0.500. The van der Waals surface area contributed by atoms with E-state index in [-0.39, 0.29) is 12.0 Å². The zero-order valence-corrected chi connectivity index (χ0v) is 7.53. The average molecular weight is 178 g/mol. The standard InChI is InChI=1S/C10H14N2O/c13-8-10(4-6-11-7-10)9-3-1-2-5-12-9/h1-3,5,11,13H,4,6-8H2/t10-/m1/s1. The highest BCUT2D eigenvalue weighted by Gasteiger charge is 2.35. The SMILES string of the molecule is OC[C@@]1(c2ccccn2)CCNC1. The van der Waals surface area contributed by atoms with Crippen molar-refractivity contribution in [1.29, 1.82) is 0 Å². The van der Waals surface area contributed by atoms with Gasteiger partial charge in [-0.3, -0.25) is 4.98 Å². The number of pyridine rings is 1. The van der Waals surface area contributed by atoms with Gasteiger partial charge in [-0.05, 0) is 25.1 Å². The van der Waals surface area contributed by atoms with Crippen molar-refractivity contribution in [3.8, 4) is 0 Å². The Balaban J connectivity index is 2.31. The molecule has 13 heavy (non-hydrogen) atoms. The lowest BCUT2D eigenvalue weighted by Gasteiger charge is -2.24. The third-order valence-electron chi connectivity index (χ3n) is 2.75. The van der Waals surface area contributed by atoms with E-state index in [4.69, 9.17) is 0 Å². The summed E-state index contributed by atoms with van der Waals surface area (Å²) >= 11 is 0. The third-order valence-corrected chi connectivity index (χ3v) is 2.75. The molecular formula is C10H14N2O. The summed E-state index contributed by atoms with van der Waals surface area (Å²) in [7, 11) is 0. The highest BCUT2D eigenvalue weighted by Crippen LogP contribution is 2.28. The summed E-state index contributed by atoms with van der Waals surface area (Å²) in [4.78, 5) is 4.30. The summed E-state index contributed by atoms with van der Waals surface area (Å²) in [6.07, 6.45) is 2.76. The molecule has 2 N–H and O–H groups in total. The van der Waals surface area contributed by atoms with Crippen molar-refractivity contribution in [3.63, 3.8) is 0 Å². The predicted molar refractivity (Wildman–Crippen MR) is 50.5 cm³/mol. The van der Waals surface area contributed by atoms with Gasteiger partial charge in [-0.2, -0.15) is 0 Å². The minimum absolute atomic E-state index is 0.138. The molecule has 3 nitrogen and oxygen atoms in total. The quantitative estimate of drug-likeness (QED) is 0.685. The minimum Gasteiger partial charge on any atom is -0.395 e. The smallest absolute Gasteiger partial charge is 0.0555 e. The summed E-state index contributed by atoms with van der Waals surface area (Å²) < 4.78 is 0. The molecule has 70 valence electrons. The summed E-state index contributed by atoms with van der Waals surface area (Å²) in [5.74, 6) is 0. The first-order chi connectivity index (χ1) is 6.37. The molecule has 2 heterocycles. The molecule has 0 saturated carbocycles. The maximum Gasteiger partial charge on any atom is 0.0555 e. The number of aromatic nitrogens is 1. The van der Waals surface area contributed by atoms with E-state index in [1.807, 2.05) is 18.2 Å². The van der Waals surface area contributed by atoms with Crippen molar-refractivity contribution in [2.75, 3.05) is 19.7 Å². The van der Waals surface area contributed by atoms with Crippen LogP contribution in [0.15, 0.2) is 24.4 Å². The van der Waals surface area contributed by atoms with Gasteiger partial charge >= 0.3 is 0 Å². The molecule has 1 aromatic rings. The van der Waals surface area contributed by atoms with E-state index in [1.54, 1.807) is 6.20 Å². The van der Waals surface area contributed by atoms with Gasteiger partial charge in [0.25, 0.3) is 0 Å². The minimum atomic E-state index is -0.138. The lowest BCUT2D eigenvalue weighted by atomic mass is 9.84. The number of nitrogens with zero attached hydrogens (tertiary/aromatic N) is 1. The predicted octanol–water partition coefficient (Wildman–Crippen LogP) is 0.305. The number of aliphatic hydroxyl groups is 1. The first kappa shape index (κ1) is 8.66. The van der Waals surface area contributed by atoms with E-state index in [0.29, 0.717) is 0 Å². The highest BCUT2D eigenvalue weighted by atomic mass is 16.3. The Bertz CT molecular complexity index is 268. The van der Waals surface area contributed by atoms with Crippen LogP contribution in [-0.2, 0) is 5.41 Å². The number of rotatable bonds is 2. The molecular weight excluding hydrogens is 164 g/mol. The first-order valence-electron chi connectivity index (χ1n) is 4.60. The van der Waals surface area contributed by atoms with Crippen molar-refractivity contribution in [3.05, 3.63) is 30.1 Å². The number of nitrogens with one attached hydrogen (secondary N) is 1. The van der Waals surface area contributed by atoms with Crippen molar-refractivity contribution >= 4 is 0 Å². The Kier molecular flexibility index (Phi) is 2.29. The molecule has 1 atom stereocenters. The first-order valence-corrected chi connectivity index (χ1v) is 4.60. The van der Waals surface area contributed by atoms with Crippen LogP contribution in [0.5, 0.6) is 0 Å². The fourth-order valence-electron chi connectivity index (χ4n) is 1.85. The molecule has 2 rings (SSSR count). The van der Waals surface area contributed by atoms with Gasteiger partial charge in [-0.15, -0.1) is 0 Å². The topological polar surface area (TPSA) is 45.2 Å². The van der Waals surface area contributed by atoms with E-state index in [2.05, 4.69) is 10.3 Å². The van der Waals surface area contributed by atoms with Crippen molar-refractivity contribution < 1.29 is 5.11 Å². The monoisotopic (exact) mass is 178 g/mol. The van der Waals surface area contributed by atoms with Gasteiger partial charge in [-0.25, -0.2) is 0 Å². The van der Waals surface area contributed by atoms with Crippen LogP contribution in [0.1, 0.15) is 12.1 Å². The zero-order chi connectivity index (χ0) is 9.15. The maximum atomic E-state index is 9.39. The molecule has 1 aromatic heterocycles. The molecule has 1 saturated heterocycles. The second-order valence-corrected chi connectivity index (χ2v) is 3.58. The Morgan fingerprint density at radius 2 is 2.46 bits per heavy atom. The molecule has 0 radical (unpaired) electrons. The summed E-state index contributed by atoms with van der Waals surface area (Å²) in [5, 5.41) is 12.7. The Hall–Kier alpha value is -0.930. The molecule has 0 bridgehead atoms. The Morgan fingerprint density at radius 3 is 3.00 bits per heavy atom. The van der Waals surface area contributed by atoms with Crippen LogP contribution < -0.4 is 5.32 Å². The number of aliphatic hydroxyl groups excluding tert-OH is 1. The molecule has 1 fully saturated rings. The van der Waals surface area contributed by atoms with E-state index >= 15 is 0 Å². The second-order valence-electron chi connectivity index (χ2n) is 3.58. The molecule has 0 aromatic carbocycles. The Labute approximate surface area is 77.8 Å². The van der Waals surface area contributed by atoms with Gasteiger partial charge in [0.2, 0.25) is 0 Å². The largest absolute Gasteiger partial charge is 0.395 e. The van der Waals surface area contributed by atoms with Gasteiger partial charge < -0.3 is 10.4 Å². The normalized spacial score (nSPS) is 27.8. The fourth-order valence-corrected chi connectivity index (χ4v) is 1.85. The molecule has 0 unspecified atom stereocenters. The average Bonchev–Trinajstić information content (AvgIpc) is 2.69. The molecule has 0 spiro atoms. The highest BCUT2D eigenvalue weighted by molar-refractivity contribution is 5.20. The molecule has 1 aliphatic rings. The van der Waals surface area contributed by atoms with E-state index in [0.717, 1.165) is 25.2 Å². The molecule has 0 aliphatic carbocycles. The van der Waals surface area contributed by atoms with Crippen LogP contribution in [0.4, 0.5) is 0 Å². The second kappa shape index (κ2) is 3.44. The molecule has 0 amide bonds. The van der Waals surface area contributed by atoms with Crippen LogP contribution in [0.3, 0.4) is 0 Å². The van der Waals surface area contributed by atoms with Crippen LogP contribution in [0.25, 0.3) is 0 Å². The summed E-state index contributed by atoms with van der Waals surface area (Å²) in [6, 6.07) is 5.86. The third kappa shape index (κ3) is 1.45.